The number of hydrogen-bond acceptors (Lipinski definition) is 1. The van der Waals surface area contributed by atoms with Crippen LogP contribution in [0, 0.1) is 17.3 Å². The van der Waals surface area contributed by atoms with Crippen molar-refractivity contribution >= 4 is 0 Å². The van der Waals surface area contributed by atoms with Gasteiger partial charge in [-0.2, -0.15) is 0 Å². The van der Waals surface area contributed by atoms with Crippen LogP contribution in [0.25, 0.3) is 0 Å². The number of piperidine rings is 1. The average molecular weight is 211 g/mol. The smallest absolute Gasteiger partial charge is 0.0125 e. The third-order valence-corrected chi connectivity index (χ3v) is 3.97. The van der Waals surface area contributed by atoms with Crippen LogP contribution in [-0.2, 0) is 0 Å². The molecule has 0 aliphatic carbocycles. The Balaban J connectivity index is 2.64. The molecule has 0 bridgehead atoms. The van der Waals surface area contributed by atoms with E-state index in [1.54, 1.807) is 0 Å². The van der Waals surface area contributed by atoms with Crippen LogP contribution in [0.4, 0.5) is 0 Å². The largest absolute Gasteiger partial charge is 0.298 e. The predicted molar refractivity (Wildman–Crippen MR) is 68.1 cm³/mol. The maximum atomic E-state index is 2.64. The third kappa shape index (κ3) is 3.21. The van der Waals surface area contributed by atoms with Gasteiger partial charge in [-0.15, -0.1) is 0 Å². The zero-order valence-corrected chi connectivity index (χ0v) is 11.7. The van der Waals surface area contributed by atoms with Gasteiger partial charge >= 0.3 is 0 Å². The Bertz CT molecular complexity index is 206. The van der Waals surface area contributed by atoms with Gasteiger partial charge in [0, 0.05) is 12.1 Å². The van der Waals surface area contributed by atoms with Gasteiger partial charge in [0.2, 0.25) is 0 Å². The molecule has 15 heavy (non-hydrogen) atoms. The number of rotatable bonds is 0. The first kappa shape index (κ1) is 13.0. The van der Waals surface area contributed by atoms with Crippen molar-refractivity contribution in [3.05, 3.63) is 0 Å². The second kappa shape index (κ2) is 4.08. The Morgan fingerprint density at radius 1 is 1.00 bits per heavy atom. The minimum atomic E-state index is 0.344. The van der Waals surface area contributed by atoms with Crippen molar-refractivity contribution in [2.24, 2.45) is 17.3 Å². The van der Waals surface area contributed by atoms with Gasteiger partial charge in [0.25, 0.3) is 0 Å². The predicted octanol–water partition coefficient (Wildman–Crippen LogP) is 3.79. The quantitative estimate of drug-likeness (QED) is 0.589. The highest BCUT2D eigenvalue weighted by molar-refractivity contribution is 4.89. The monoisotopic (exact) mass is 211 g/mol. The molecular formula is C14H29N. The molecule has 1 rings (SSSR count). The molecule has 0 spiro atoms. The Labute approximate surface area is 96.2 Å². The Kier molecular flexibility index (Phi) is 3.55. The van der Waals surface area contributed by atoms with E-state index in [1.807, 2.05) is 0 Å². The van der Waals surface area contributed by atoms with E-state index in [0.29, 0.717) is 11.0 Å². The zero-order valence-electron chi connectivity index (χ0n) is 11.7. The van der Waals surface area contributed by atoms with Crippen molar-refractivity contribution in [1.29, 1.82) is 0 Å². The molecule has 0 saturated carbocycles. The topological polar surface area (TPSA) is 3.24 Å². The summed E-state index contributed by atoms with van der Waals surface area (Å²) in [4.78, 5) is 2.64. The van der Waals surface area contributed by atoms with Gasteiger partial charge in [0.15, 0.2) is 0 Å². The molecule has 1 aliphatic heterocycles. The van der Waals surface area contributed by atoms with Crippen LogP contribution >= 0.6 is 0 Å². The first-order chi connectivity index (χ1) is 6.62. The van der Waals surface area contributed by atoms with E-state index < -0.39 is 0 Å². The van der Waals surface area contributed by atoms with Crippen LogP contribution in [0.15, 0.2) is 0 Å². The van der Waals surface area contributed by atoms with E-state index in [-0.39, 0.29) is 0 Å². The van der Waals surface area contributed by atoms with Crippen LogP contribution in [0.5, 0.6) is 0 Å². The summed E-state index contributed by atoms with van der Waals surface area (Å²) >= 11 is 0. The van der Waals surface area contributed by atoms with Crippen molar-refractivity contribution < 1.29 is 0 Å². The van der Waals surface area contributed by atoms with E-state index in [0.717, 1.165) is 11.8 Å². The van der Waals surface area contributed by atoms with Gasteiger partial charge < -0.3 is 0 Å². The lowest BCUT2D eigenvalue weighted by atomic mass is 9.69. The molecule has 0 amide bonds. The minimum absolute atomic E-state index is 0.344. The van der Waals surface area contributed by atoms with E-state index >= 15 is 0 Å². The molecule has 90 valence electrons. The zero-order chi connectivity index (χ0) is 11.9. The lowest BCUT2D eigenvalue weighted by Gasteiger charge is -2.47. The molecule has 1 fully saturated rings. The maximum absolute atomic E-state index is 2.64. The van der Waals surface area contributed by atoms with E-state index in [2.05, 4.69) is 53.4 Å². The molecule has 1 saturated heterocycles. The molecule has 0 aromatic heterocycles. The standard InChI is InChI=1S/C14H29N/c1-11-10-15(14(5,6)7)9-8-12(11)13(2,3)4/h11-12H,8-10H2,1-7H3/t11-,12?/m1/s1. The normalized spacial score (nSPS) is 30.6. The van der Waals surface area contributed by atoms with Gasteiger partial charge in [-0.25, -0.2) is 0 Å². The number of hydrogen-bond donors (Lipinski definition) is 0. The summed E-state index contributed by atoms with van der Waals surface area (Å²) in [7, 11) is 0. The Hall–Kier alpha value is -0.0400. The van der Waals surface area contributed by atoms with E-state index in [4.69, 9.17) is 0 Å². The Morgan fingerprint density at radius 3 is 1.87 bits per heavy atom. The molecule has 0 N–H and O–H groups in total. The van der Waals surface area contributed by atoms with Crippen LogP contribution in [-0.4, -0.2) is 23.5 Å². The van der Waals surface area contributed by atoms with Crippen molar-refractivity contribution in [2.45, 2.75) is 60.4 Å². The van der Waals surface area contributed by atoms with Crippen molar-refractivity contribution in [1.82, 2.24) is 4.90 Å². The lowest BCUT2D eigenvalue weighted by molar-refractivity contribution is 0.0136. The molecular weight excluding hydrogens is 182 g/mol. The summed E-state index contributed by atoms with van der Waals surface area (Å²) < 4.78 is 0. The second-order valence-corrected chi connectivity index (χ2v) is 7.36. The fourth-order valence-electron chi connectivity index (χ4n) is 3.04. The van der Waals surface area contributed by atoms with Crippen molar-refractivity contribution in [3.8, 4) is 0 Å². The van der Waals surface area contributed by atoms with Gasteiger partial charge in [0.05, 0.1) is 0 Å². The first-order valence-corrected chi connectivity index (χ1v) is 6.37. The molecule has 1 aliphatic rings. The molecule has 2 atom stereocenters. The van der Waals surface area contributed by atoms with E-state index in [9.17, 15) is 0 Å². The van der Waals surface area contributed by atoms with Crippen molar-refractivity contribution in [2.75, 3.05) is 13.1 Å². The Morgan fingerprint density at radius 2 is 1.53 bits per heavy atom. The summed E-state index contributed by atoms with van der Waals surface area (Å²) in [5.41, 5.74) is 0.820. The van der Waals surface area contributed by atoms with Crippen LogP contribution < -0.4 is 0 Å². The summed E-state index contributed by atoms with van der Waals surface area (Å²) in [5.74, 6) is 1.72. The van der Waals surface area contributed by atoms with Gasteiger partial charge in [0.1, 0.15) is 0 Å². The molecule has 1 heteroatoms. The maximum Gasteiger partial charge on any atom is 0.0125 e. The highest BCUT2D eigenvalue weighted by atomic mass is 15.2. The van der Waals surface area contributed by atoms with Crippen molar-refractivity contribution in [3.63, 3.8) is 0 Å². The van der Waals surface area contributed by atoms with Gasteiger partial charge in [-0.3, -0.25) is 4.90 Å². The molecule has 1 heterocycles. The van der Waals surface area contributed by atoms with Gasteiger partial charge in [-0.1, -0.05) is 27.7 Å². The number of nitrogens with zero attached hydrogens (tertiary/aromatic N) is 1. The SMILES string of the molecule is C[C@@H]1CN(C(C)(C)C)CCC1C(C)(C)C. The minimum Gasteiger partial charge on any atom is -0.298 e. The summed E-state index contributed by atoms with van der Waals surface area (Å²) in [6.07, 6.45) is 1.36. The number of likely N-dealkylation sites (tertiary alicyclic amines) is 1. The fraction of sp³-hybridized carbons (Fsp3) is 1.00. The summed E-state index contributed by atoms with van der Waals surface area (Å²) in [6, 6.07) is 0. The summed E-state index contributed by atoms with van der Waals surface area (Å²) in [6.45, 7) is 19.1. The molecule has 0 aromatic rings. The second-order valence-electron chi connectivity index (χ2n) is 7.36. The van der Waals surface area contributed by atoms with Gasteiger partial charge in [-0.05, 0) is 51.0 Å². The average Bonchev–Trinajstić information content (AvgIpc) is 1.99. The molecule has 1 unspecified atom stereocenters. The third-order valence-electron chi connectivity index (χ3n) is 3.97. The molecule has 0 aromatic carbocycles. The fourth-order valence-corrected chi connectivity index (χ4v) is 3.04. The summed E-state index contributed by atoms with van der Waals surface area (Å²) in [5, 5.41) is 0. The highest BCUT2D eigenvalue weighted by Crippen LogP contribution is 2.39. The molecule has 0 radical (unpaired) electrons. The van der Waals surface area contributed by atoms with E-state index in [1.165, 1.54) is 19.5 Å². The van der Waals surface area contributed by atoms with Crippen LogP contribution in [0.1, 0.15) is 54.9 Å². The van der Waals surface area contributed by atoms with Crippen LogP contribution in [0.2, 0.25) is 0 Å². The highest BCUT2D eigenvalue weighted by Gasteiger charge is 2.36. The first-order valence-electron chi connectivity index (χ1n) is 6.37. The van der Waals surface area contributed by atoms with Crippen LogP contribution in [0.3, 0.4) is 0 Å². The molecule has 1 nitrogen and oxygen atoms in total. The lowest BCUT2D eigenvalue weighted by Crippen LogP contribution is -2.51.